The van der Waals surface area contributed by atoms with Crippen molar-refractivity contribution in [3.05, 3.63) is 0 Å². The molecule has 0 aromatic heterocycles. The summed E-state index contributed by atoms with van der Waals surface area (Å²) in [5, 5.41) is 20.4. The first-order valence-corrected chi connectivity index (χ1v) is 5.98. The molecule has 2 aliphatic rings. The van der Waals surface area contributed by atoms with E-state index in [4.69, 9.17) is 15.9 Å². The van der Waals surface area contributed by atoms with Crippen molar-refractivity contribution in [3.63, 3.8) is 0 Å². The Morgan fingerprint density at radius 2 is 1.95 bits per heavy atom. The highest BCUT2D eigenvalue weighted by Crippen LogP contribution is 2.68. The quantitative estimate of drug-likeness (QED) is 0.514. The number of carbonyl (C=O) groups is 3. The number of halogens is 1. The standard InChI is InChI=1S/C11H15FN2O5/c12-10(9(18)19)6-2-1-5(8(16)17)11(6,10)14-7(15)3-4-13/h5-6H,1-4,13H2,(H,14,15)(H,16,17)(H,18,19). The lowest BCUT2D eigenvalue weighted by atomic mass is 9.93. The molecule has 0 aliphatic heterocycles. The lowest BCUT2D eigenvalue weighted by Gasteiger charge is -2.24. The molecule has 0 aromatic rings. The number of alkyl halides is 1. The maximum atomic E-state index is 14.5. The van der Waals surface area contributed by atoms with Crippen LogP contribution in [0.3, 0.4) is 0 Å². The number of hydrogen-bond donors (Lipinski definition) is 4. The second kappa shape index (κ2) is 4.16. The van der Waals surface area contributed by atoms with E-state index >= 15 is 0 Å². The predicted octanol–water partition coefficient (Wildman–Crippen LogP) is -0.892. The van der Waals surface area contributed by atoms with Crippen molar-refractivity contribution in [1.82, 2.24) is 5.32 Å². The third-order valence-electron chi connectivity index (χ3n) is 4.17. The Kier molecular flexibility index (Phi) is 3.00. The van der Waals surface area contributed by atoms with Gasteiger partial charge in [0.1, 0.15) is 5.54 Å². The number of nitrogens with two attached hydrogens (primary N) is 1. The van der Waals surface area contributed by atoms with Crippen LogP contribution in [0.1, 0.15) is 19.3 Å². The van der Waals surface area contributed by atoms with Gasteiger partial charge in [-0.2, -0.15) is 0 Å². The minimum atomic E-state index is -2.70. The molecular weight excluding hydrogens is 259 g/mol. The summed E-state index contributed by atoms with van der Waals surface area (Å²) in [4.78, 5) is 33.8. The van der Waals surface area contributed by atoms with E-state index in [1.165, 1.54) is 0 Å². The Morgan fingerprint density at radius 1 is 1.32 bits per heavy atom. The van der Waals surface area contributed by atoms with E-state index < -0.39 is 40.9 Å². The number of amides is 1. The molecule has 0 bridgehead atoms. The molecule has 0 heterocycles. The first kappa shape index (κ1) is 13.7. The largest absolute Gasteiger partial charge is 0.481 e. The van der Waals surface area contributed by atoms with Gasteiger partial charge in [-0.05, 0) is 12.8 Å². The molecule has 106 valence electrons. The maximum Gasteiger partial charge on any atom is 0.344 e. The monoisotopic (exact) mass is 274 g/mol. The molecule has 0 radical (unpaired) electrons. The number of rotatable bonds is 5. The molecule has 2 aliphatic carbocycles. The van der Waals surface area contributed by atoms with E-state index in [-0.39, 0.29) is 25.8 Å². The predicted molar refractivity (Wildman–Crippen MR) is 59.9 cm³/mol. The fourth-order valence-corrected chi connectivity index (χ4v) is 3.35. The Hall–Kier alpha value is -1.70. The number of nitrogens with one attached hydrogen (secondary N) is 1. The summed E-state index contributed by atoms with van der Waals surface area (Å²) < 4.78 is 14.5. The second-order valence-electron chi connectivity index (χ2n) is 4.99. The number of hydrogen-bond acceptors (Lipinski definition) is 4. The van der Waals surface area contributed by atoms with E-state index in [9.17, 15) is 18.8 Å². The number of carbonyl (C=O) groups excluding carboxylic acids is 1. The van der Waals surface area contributed by atoms with Gasteiger partial charge in [-0.1, -0.05) is 0 Å². The van der Waals surface area contributed by atoms with Gasteiger partial charge in [0, 0.05) is 18.9 Å². The third-order valence-corrected chi connectivity index (χ3v) is 4.17. The van der Waals surface area contributed by atoms with Gasteiger partial charge >= 0.3 is 11.9 Å². The lowest BCUT2D eigenvalue weighted by molar-refractivity contribution is -0.150. The first-order valence-electron chi connectivity index (χ1n) is 5.98. The highest BCUT2D eigenvalue weighted by Gasteiger charge is 2.89. The minimum absolute atomic E-state index is 0.0245. The Morgan fingerprint density at radius 3 is 2.37 bits per heavy atom. The van der Waals surface area contributed by atoms with Crippen LogP contribution in [0.15, 0.2) is 0 Å². The molecule has 0 saturated heterocycles. The van der Waals surface area contributed by atoms with E-state index in [0.29, 0.717) is 0 Å². The molecule has 2 saturated carbocycles. The lowest BCUT2D eigenvalue weighted by Crippen LogP contribution is -2.52. The molecular formula is C11H15FN2O5. The maximum absolute atomic E-state index is 14.5. The van der Waals surface area contributed by atoms with Gasteiger partial charge in [0.15, 0.2) is 0 Å². The average Bonchev–Trinajstić information content (AvgIpc) is 2.67. The van der Waals surface area contributed by atoms with Crippen LogP contribution in [0, 0.1) is 11.8 Å². The zero-order valence-corrected chi connectivity index (χ0v) is 10.1. The van der Waals surface area contributed by atoms with Crippen molar-refractivity contribution in [2.45, 2.75) is 30.5 Å². The zero-order valence-electron chi connectivity index (χ0n) is 10.1. The average molecular weight is 274 g/mol. The summed E-state index contributed by atoms with van der Waals surface area (Å²) in [6, 6.07) is 0. The second-order valence-corrected chi connectivity index (χ2v) is 4.99. The SMILES string of the molecule is NCCC(=O)NC12C(C(=O)O)CCC1C2(F)C(=O)O. The van der Waals surface area contributed by atoms with Gasteiger partial charge in [-0.25, -0.2) is 9.18 Å². The Bertz CT molecular complexity index is 456. The highest BCUT2D eigenvalue weighted by atomic mass is 19.1. The van der Waals surface area contributed by atoms with Gasteiger partial charge < -0.3 is 21.3 Å². The summed E-state index contributed by atoms with van der Waals surface area (Å²) in [6.45, 7) is 0.0245. The number of aliphatic carboxylic acids is 2. The molecule has 8 heteroatoms. The van der Waals surface area contributed by atoms with Crippen LogP contribution in [-0.2, 0) is 14.4 Å². The fraction of sp³-hybridized carbons (Fsp3) is 0.727. The normalized spacial score (nSPS) is 39.5. The molecule has 0 aromatic carbocycles. The van der Waals surface area contributed by atoms with Crippen LogP contribution in [0.4, 0.5) is 4.39 Å². The molecule has 19 heavy (non-hydrogen) atoms. The van der Waals surface area contributed by atoms with E-state index in [0.717, 1.165) is 0 Å². The van der Waals surface area contributed by atoms with Crippen LogP contribution in [0.5, 0.6) is 0 Å². The van der Waals surface area contributed by atoms with Crippen LogP contribution in [0.25, 0.3) is 0 Å². The highest BCUT2D eigenvalue weighted by molar-refractivity contribution is 5.93. The number of carboxylic acid groups (broad SMARTS) is 2. The van der Waals surface area contributed by atoms with Crippen LogP contribution < -0.4 is 11.1 Å². The molecule has 7 nitrogen and oxygen atoms in total. The topological polar surface area (TPSA) is 130 Å². The summed E-state index contributed by atoms with van der Waals surface area (Å²) in [5.74, 6) is -5.85. The van der Waals surface area contributed by atoms with E-state index in [1.54, 1.807) is 0 Å². The van der Waals surface area contributed by atoms with Gasteiger partial charge in [-0.3, -0.25) is 9.59 Å². The Balaban J connectivity index is 2.32. The molecule has 0 spiro atoms. The van der Waals surface area contributed by atoms with Crippen molar-refractivity contribution in [2.75, 3.05) is 6.54 Å². The van der Waals surface area contributed by atoms with Crippen molar-refractivity contribution in [3.8, 4) is 0 Å². The van der Waals surface area contributed by atoms with Crippen LogP contribution in [-0.4, -0.2) is 45.8 Å². The first-order chi connectivity index (χ1) is 8.82. The van der Waals surface area contributed by atoms with E-state index in [1.807, 2.05) is 0 Å². The Labute approximate surface area is 108 Å². The van der Waals surface area contributed by atoms with Crippen molar-refractivity contribution in [1.29, 1.82) is 0 Å². The molecule has 4 unspecified atom stereocenters. The molecule has 2 rings (SSSR count). The number of carboxylic acids is 2. The smallest absolute Gasteiger partial charge is 0.344 e. The van der Waals surface area contributed by atoms with Crippen molar-refractivity contribution >= 4 is 17.8 Å². The van der Waals surface area contributed by atoms with Crippen molar-refractivity contribution < 1.29 is 29.0 Å². The van der Waals surface area contributed by atoms with Crippen molar-refractivity contribution in [2.24, 2.45) is 17.6 Å². The van der Waals surface area contributed by atoms with Gasteiger partial charge in [-0.15, -0.1) is 0 Å². The summed E-state index contributed by atoms with van der Waals surface area (Å²) in [5.41, 5.74) is 0.677. The van der Waals surface area contributed by atoms with Crippen LogP contribution >= 0.6 is 0 Å². The molecule has 5 N–H and O–H groups in total. The van der Waals surface area contributed by atoms with Gasteiger partial charge in [0.2, 0.25) is 11.6 Å². The van der Waals surface area contributed by atoms with Gasteiger partial charge in [0.05, 0.1) is 5.92 Å². The van der Waals surface area contributed by atoms with E-state index in [2.05, 4.69) is 5.32 Å². The molecule has 2 fully saturated rings. The molecule has 4 atom stereocenters. The summed E-state index contributed by atoms with van der Waals surface area (Å²) in [6.07, 6.45) is 0.182. The number of fused-ring (bicyclic) bond motifs is 1. The van der Waals surface area contributed by atoms with Gasteiger partial charge in [0.25, 0.3) is 0 Å². The van der Waals surface area contributed by atoms with Crippen LogP contribution in [0.2, 0.25) is 0 Å². The fourth-order valence-electron chi connectivity index (χ4n) is 3.35. The summed E-state index contributed by atoms with van der Waals surface area (Å²) in [7, 11) is 0. The minimum Gasteiger partial charge on any atom is -0.481 e. The summed E-state index contributed by atoms with van der Waals surface area (Å²) >= 11 is 0. The zero-order chi connectivity index (χ0) is 14.4. The molecule has 1 amide bonds. The third kappa shape index (κ3) is 1.55.